The third-order valence-electron chi connectivity index (χ3n) is 3.67. The Morgan fingerprint density at radius 1 is 1.00 bits per heavy atom. The van der Waals surface area contributed by atoms with E-state index in [0.717, 1.165) is 16.5 Å². The van der Waals surface area contributed by atoms with Gasteiger partial charge in [-0.25, -0.2) is 0 Å². The molecule has 0 saturated carbocycles. The summed E-state index contributed by atoms with van der Waals surface area (Å²) in [6.45, 7) is 0.446. The second-order valence-electron chi connectivity index (χ2n) is 5.27. The molecular formula is C18H17N3O2. The number of carbonyl (C=O) groups excluding carboxylic acids is 2. The Bertz CT molecular complexity index is 824. The Labute approximate surface area is 134 Å². The summed E-state index contributed by atoms with van der Waals surface area (Å²) in [4.78, 5) is 28.1. The molecule has 1 N–H and O–H groups in total. The first kappa shape index (κ1) is 15.0. The molecule has 0 bridgehead atoms. The molecule has 1 aromatic carbocycles. The summed E-state index contributed by atoms with van der Waals surface area (Å²) in [5, 5.41) is 3.83. The Balaban J connectivity index is 1.53. The fourth-order valence-electron chi connectivity index (χ4n) is 2.43. The number of fused-ring (bicyclic) bond motifs is 1. The van der Waals surface area contributed by atoms with E-state index in [2.05, 4.69) is 10.3 Å². The van der Waals surface area contributed by atoms with Gasteiger partial charge in [0.2, 0.25) is 11.8 Å². The number of hydrogen-bond donors (Lipinski definition) is 1. The Morgan fingerprint density at radius 3 is 2.61 bits per heavy atom. The van der Waals surface area contributed by atoms with E-state index in [1.165, 1.54) is 0 Å². The van der Waals surface area contributed by atoms with E-state index in [0.29, 0.717) is 6.54 Å². The van der Waals surface area contributed by atoms with Crippen molar-refractivity contribution in [1.82, 2.24) is 14.9 Å². The number of nitrogens with zero attached hydrogens (tertiary/aromatic N) is 2. The van der Waals surface area contributed by atoms with Crippen LogP contribution in [0.5, 0.6) is 0 Å². The molecule has 0 unspecified atom stereocenters. The maximum absolute atomic E-state index is 12.3. The smallest absolute Gasteiger partial charge is 0.231 e. The van der Waals surface area contributed by atoms with Gasteiger partial charge in [0, 0.05) is 43.4 Å². The molecule has 0 aliphatic rings. The van der Waals surface area contributed by atoms with Crippen LogP contribution in [0.1, 0.15) is 23.2 Å². The molecule has 0 aliphatic carbocycles. The van der Waals surface area contributed by atoms with Crippen LogP contribution in [0.4, 0.5) is 0 Å². The first-order valence-corrected chi connectivity index (χ1v) is 7.49. The molecule has 0 fully saturated rings. The van der Waals surface area contributed by atoms with Gasteiger partial charge in [-0.05, 0) is 29.8 Å². The van der Waals surface area contributed by atoms with Crippen LogP contribution in [0.3, 0.4) is 0 Å². The van der Waals surface area contributed by atoms with Gasteiger partial charge in [-0.2, -0.15) is 0 Å². The molecule has 3 aromatic rings. The summed E-state index contributed by atoms with van der Waals surface area (Å²) >= 11 is 0. The number of benzene rings is 1. The quantitative estimate of drug-likeness (QED) is 0.788. The van der Waals surface area contributed by atoms with Crippen molar-refractivity contribution in [3.63, 3.8) is 0 Å². The lowest BCUT2D eigenvalue weighted by Crippen LogP contribution is -2.24. The topological polar surface area (TPSA) is 64.0 Å². The monoisotopic (exact) mass is 307 g/mol. The second kappa shape index (κ2) is 6.87. The number of pyridine rings is 1. The Hall–Kier alpha value is -2.95. The van der Waals surface area contributed by atoms with Gasteiger partial charge in [-0.15, -0.1) is 0 Å². The van der Waals surface area contributed by atoms with Crippen molar-refractivity contribution in [2.75, 3.05) is 0 Å². The summed E-state index contributed by atoms with van der Waals surface area (Å²) in [5.74, 6) is -0.211. The van der Waals surface area contributed by atoms with Gasteiger partial charge < -0.3 is 5.32 Å². The maximum Gasteiger partial charge on any atom is 0.231 e. The standard InChI is InChI=1S/C18H17N3O2/c22-17(20-13-14-7-10-19-11-8-14)5-6-18(23)21-12-9-15-3-1-2-4-16(15)21/h1-4,7-12H,5-6,13H2,(H,20,22). The van der Waals surface area contributed by atoms with Crippen molar-refractivity contribution in [1.29, 1.82) is 0 Å². The molecule has 3 rings (SSSR count). The lowest BCUT2D eigenvalue weighted by atomic mass is 10.2. The van der Waals surface area contributed by atoms with Crippen molar-refractivity contribution >= 4 is 22.7 Å². The van der Waals surface area contributed by atoms with Crippen LogP contribution in [0, 0.1) is 0 Å². The zero-order valence-corrected chi connectivity index (χ0v) is 12.6. The first-order valence-electron chi connectivity index (χ1n) is 7.49. The number of nitrogens with one attached hydrogen (secondary N) is 1. The highest BCUT2D eigenvalue weighted by molar-refractivity contribution is 5.93. The van der Waals surface area contributed by atoms with E-state index >= 15 is 0 Å². The molecule has 1 amide bonds. The summed E-state index contributed by atoms with van der Waals surface area (Å²) in [6.07, 6.45) is 5.48. The van der Waals surface area contributed by atoms with E-state index < -0.39 is 0 Å². The summed E-state index contributed by atoms with van der Waals surface area (Å²) in [7, 11) is 0. The molecule has 2 aromatic heterocycles. The molecule has 0 aliphatic heterocycles. The van der Waals surface area contributed by atoms with Crippen molar-refractivity contribution in [2.24, 2.45) is 0 Å². The van der Waals surface area contributed by atoms with E-state index in [9.17, 15) is 9.59 Å². The Morgan fingerprint density at radius 2 is 1.78 bits per heavy atom. The van der Waals surface area contributed by atoms with Crippen LogP contribution in [0.25, 0.3) is 10.9 Å². The van der Waals surface area contributed by atoms with Crippen molar-refractivity contribution in [2.45, 2.75) is 19.4 Å². The third kappa shape index (κ3) is 3.63. The second-order valence-corrected chi connectivity index (χ2v) is 5.27. The van der Waals surface area contributed by atoms with Gasteiger partial charge in [-0.1, -0.05) is 18.2 Å². The number of carbonyl (C=O) groups is 2. The molecule has 0 atom stereocenters. The number of hydrogen-bond acceptors (Lipinski definition) is 3. The van der Waals surface area contributed by atoms with Crippen molar-refractivity contribution in [3.8, 4) is 0 Å². The highest BCUT2D eigenvalue weighted by Crippen LogP contribution is 2.15. The number of amides is 1. The predicted molar refractivity (Wildman–Crippen MR) is 87.9 cm³/mol. The zero-order chi connectivity index (χ0) is 16.1. The van der Waals surface area contributed by atoms with Gasteiger partial charge in [0.05, 0.1) is 5.52 Å². The maximum atomic E-state index is 12.3. The molecule has 23 heavy (non-hydrogen) atoms. The van der Waals surface area contributed by atoms with E-state index in [-0.39, 0.29) is 24.7 Å². The summed E-state index contributed by atoms with van der Waals surface area (Å²) < 4.78 is 1.60. The van der Waals surface area contributed by atoms with Crippen LogP contribution in [-0.4, -0.2) is 21.4 Å². The normalized spacial score (nSPS) is 10.6. The van der Waals surface area contributed by atoms with Crippen LogP contribution in [0.15, 0.2) is 61.1 Å². The number of aromatic nitrogens is 2. The predicted octanol–water partition coefficient (Wildman–Crippen LogP) is 2.77. The average molecular weight is 307 g/mol. The van der Waals surface area contributed by atoms with Crippen LogP contribution < -0.4 is 5.32 Å². The fraction of sp³-hybridized carbons (Fsp3) is 0.167. The molecular weight excluding hydrogens is 290 g/mol. The van der Waals surface area contributed by atoms with Crippen LogP contribution in [0.2, 0.25) is 0 Å². The minimum atomic E-state index is -0.133. The molecule has 2 heterocycles. The van der Waals surface area contributed by atoms with Gasteiger partial charge in [0.1, 0.15) is 0 Å². The van der Waals surface area contributed by atoms with Crippen LogP contribution >= 0.6 is 0 Å². The molecule has 116 valence electrons. The highest BCUT2D eigenvalue weighted by atomic mass is 16.2. The molecule has 5 heteroatoms. The molecule has 5 nitrogen and oxygen atoms in total. The highest BCUT2D eigenvalue weighted by Gasteiger charge is 2.11. The lowest BCUT2D eigenvalue weighted by molar-refractivity contribution is -0.121. The summed E-state index contributed by atoms with van der Waals surface area (Å²) in [6, 6.07) is 13.3. The van der Waals surface area contributed by atoms with Gasteiger partial charge >= 0.3 is 0 Å². The minimum absolute atomic E-state index is 0.0785. The van der Waals surface area contributed by atoms with E-state index in [1.807, 2.05) is 42.5 Å². The van der Waals surface area contributed by atoms with Crippen LogP contribution in [-0.2, 0) is 11.3 Å². The molecule has 0 saturated heterocycles. The van der Waals surface area contributed by atoms with Gasteiger partial charge in [-0.3, -0.25) is 19.1 Å². The SMILES string of the molecule is O=C(CCC(=O)n1ccc2ccccc21)NCc1ccncc1. The Kier molecular flexibility index (Phi) is 4.47. The van der Waals surface area contributed by atoms with E-state index in [4.69, 9.17) is 0 Å². The van der Waals surface area contributed by atoms with Gasteiger partial charge in [0.25, 0.3) is 0 Å². The van der Waals surface area contributed by atoms with Crippen molar-refractivity contribution in [3.05, 3.63) is 66.6 Å². The zero-order valence-electron chi connectivity index (χ0n) is 12.6. The summed E-state index contributed by atoms with van der Waals surface area (Å²) in [5.41, 5.74) is 1.85. The number of rotatable bonds is 5. The first-order chi connectivity index (χ1) is 11.2. The largest absolute Gasteiger partial charge is 0.352 e. The fourth-order valence-corrected chi connectivity index (χ4v) is 2.43. The van der Waals surface area contributed by atoms with Crippen molar-refractivity contribution < 1.29 is 9.59 Å². The number of para-hydroxylation sites is 1. The average Bonchev–Trinajstić information content (AvgIpc) is 3.03. The molecule has 0 spiro atoms. The lowest BCUT2D eigenvalue weighted by Gasteiger charge is -2.06. The molecule has 0 radical (unpaired) electrons. The van der Waals surface area contributed by atoms with Gasteiger partial charge in [0.15, 0.2) is 0 Å². The van der Waals surface area contributed by atoms with E-state index in [1.54, 1.807) is 23.2 Å². The minimum Gasteiger partial charge on any atom is -0.352 e. The third-order valence-corrected chi connectivity index (χ3v) is 3.67.